The Bertz CT molecular complexity index is 268. The van der Waals surface area contributed by atoms with Crippen molar-refractivity contribution in [2.24, 2.45) is 11.3 Å². The smallest absolute Gasteiger partial charge is 0.307 e. The van der Waals surface area contributed by atoms with E-state index in [2.05, 4.69) is 26.1 Å². The van der Waals surface area contributed by atoms with Crippen LogP contribution in [0, 0.1) is 11.3 Å². The second-order valence-electron chi connectivity index (χ2n) is 6.40. The third kappa shape index (κ3) is 5.52. The molecule has 0 amide bonds. The minimum absolute atomic E-state index is 0.0872. The highest BCUT2D eigenvalue weighted by Crippen LogP contribution is 2.40. The van der Waals surface area contributed by atoms with Crippen LogP contribution in [0.2, 0.25) is 0 Å². The maximum absolute atomic E-state index is 11.2. The van der Waals surface area contributed by atoms with Crippen LogP contribution in [0.25, 0.3) is 0 Å². The molecule has 1 aliphatic carbocycles. The Balaban J connectivity index is 2.18. The number of hydrogen-bond acceptors (Lipinski definition) is 3. The van der Waals surface area contributed by atoms with Crippen molar-refractivity contribution in [3.8, 4) is 0 Å². The normalized spacial score (nSPS) is 24.2. The largest absolute Gasteiger partial charge is 0.466 e. The lowest BCUT2D eigenvalue weighted by molar-refractivity contribution is -0.143. The number of nitrogens with one attached hydrogen (secondary N) is 1. The van der Waals surface area contributed by atoms with Gasteiger partial charge in [0.1, 0.15) is 0 Å². The van der Waals surface area contributed by atoms with Gasteiger partial charge in [0.15, 0.2) is 0 Å². The fourth-order valence-electron chi connectivity index (χ4n) is 2.98. The van der Waals surface area contributed by atoms with E-state index in [0.29, 0.717) is 24.5 Å². The van der Waals surface area contributed by atoms with E-state index in [1.165, 1.54) is 32.1 Å². The number of ether oxygens (including phenoxy) is 1. The Labute approximate surface area is 118 Å². The van der Waals surface area contributed by atoms with Crippen molar-refractivity contribution in [2.75, 3.05) is 13.2 Å². The van der Waals surface area contributed by atoms with Crippen LogP contribution < -0.4 is 5.32 Å². The summed E-state index contributed by atoms with van der Waals surface area (Å²) in [6.45, 7) is 10.2. The fourth-order valence-corrected chi connectivity index (χ4v) is 2.98. The summed E-state index contributed by atoms with van der Waals surface area (Å²) in [7, 11) is 0. The van der Waals surface area contributed by atoms with Crippen molar-refractivity contribution < 1.29 is 9.53 Å². The maximum Gasteiger partial charge on any atom is 0.307 e. The zero-order valence-corrected chi connectivity index (χ0v) is 13.1. The summed E-state index contributed by atoms with van der Waals surface area (Å²) in [5.74, 6) is 0.774. The Morgan fingerprint density at radius 3 is 2.37 bits per heavy atom. The molecule has 0 aromatic heterocycles. The van der Waals surface area contributed by atoms with Crippen LogP contribution >= 0.6 is 0 Å². The van der Waals surface area contributed by atoms with Gasteiger partial charge in [0.2, 0.25) is 0 Å². The van der Waals surface area contributed by atoms with E-state index in [0.717, 1.165) is 12.5 Å². The van der Waals surface area contributed by atoms with Gasteiger partial charge in [-0.05, 0) is 43.9 Å². The first-order valence-electron chi connectivity index (χ1n) is 7.88. The molecule has 1 aliphatic rings. The number of esters is 1. The van der Waals surface area contributed by atoms with Gasteiger partial charge >= 0.3 is 5.97 Å². The molecule has 0 heterocycles. The van der Waals surface area contributed by atoms with E-state index in [1.807, 2.05) is 6.92 Å². The van der Waals surface area contributed by atoms with Gasteiger partial charge < -0.3 is 10.1 Å². The zero-order chi connectivity index (χ0) is 14.3. The zero-order valence-electron chi connectivity index (χ0n) is 13.1. The second kappa shape index (κ2) is 7.88. The molecule has 1 saturated carbocycles. The average Bonchev–Trinajstić information content (AvgIpc) is 2.40. The summed E-state index contributed by atoms with van der Waals surface area (Å²) in [6, 6.07) is 0.596. The average molecular weight is 269 g/mol. The molecule has 1 rings (SSSR count). The molecule has 3 nitrogen and oxygen atoms in total. The molecule has 0 spiro atoms. The Hall–Kier alpha value is -0.570. The van der Waals surface area contributed by atoms with Crippen LogP contribution in [0.3, 0.4) is 0 Å². The minimum Gasteiger partial charge on any atom is -0.466 e. The number of carbonyl (C=O) groups is 1. The molecule has 0 saturated heterocycles. The van der Waals surface area contributed by atoms with Crippen molar-refractivity contribution in [1.29, 1.82) is 0 Å². The van der Waals surface area contributed by atoms with Gasteiger partial charge in [-0.15, -0.1) is 0 Å². The van der Waals surface area contributed by atoms with Crippen molar-refractivity contribution in [2.45, 2.75) is 72.3 Å². The Morgan fingerprint density at radius 1 is 1.21 bits per heavy atom. The van der Waals surface area contributed by atoms with Crippen molar-refractivity contribution in [3.05, 3.63) is 0 Å². The molecule has 3 heteroatoms. The van der Waals surface area contributed by atoms with Gasteiger partial charge in [-0.2, -0.15) is 0 Å². The first-order valence-corrected chi connectivity index (χ1v) is 7.88. The van der Waals surface area contributed by atoms with Crippen LogP contribution in [0.4, 0.5) is 0 Å². The Morgan fingerprint density at radius 2 is 1.84 bits per heavy atom. The van der Waals surface area contributed by atoms with Crippen LogP contribution in [-0.2, 0) is 9.53 Å². The molecule has 0 unspecified atom stereocenters. The lowest BCUT2D eigenvalue weighted by Crippen LogP contribution is -2.37. The third-order valence-electron chi connectivity index (χ3n) is 4.81. The molecule has 0 aromatic rings. The van der Waals surface area contributed by atoms with Crippen LogP contribution in [0.1, 0.15) is 66.2 Å². The summed E-state index contributed by atoms with van der Waals surface area (Å²) in [6.07, 6.45) is 6.89. The summed E-state index contributed by atoms with van der Waals surface area (Å²) in [5.41, 5.74) is 0.482. The van der Waals surface area contributed by atoms with Gasteiger partial charge in [0.25, 0.3) is 0 Å². The summed E-state index contributed by atoms with van der Waals surface area (Å²) in [4.78, 5) is 11.2. The van der Waals surface area contributed by atoms with Crippen molar-refractivity contribution in [3.63, 3.8) is 0 Å². The molecule has 0 bridgehead atoms. The molecule has 1 N–H and O–H groups in total. The number of hydrogen-bond donors (Lipinski definition) is 1. The second-order valence-corrected chi connectivity index (χ2v) is 6.40. The molecule has 1 fully saturated rings. The Kier molecular flexibility index (Phi) is 6.84. The van der Waals surface area contributed by atoms with Gasteiger partial charge in [-0.1, -0.05) is 27.2 Å². The van der Waals surface area contributed by atoms with Crippen molar-refractivity contribution >= 4 is 5.97 Å². The van der Waals surface area contributed by atoms with Crippen LogP contribution in [-0.4, -0.2) is 25.2 Å². The first kappa shape index (κ1) is 16.5. The molecule has 0 aromatic carbocycles. The maximum atomic E-state index is 11.2. The molecule has 0 aliphatic heterocycles. The van der Waals surface area contributed by atoms with E-state index >= 15 is 0 Å². The minimum atomic E-state index is -0.0872. The highest BCUT2D eigenvalue weighted by molar-refractivity contribution is 5.69. The standard InChI is InChI=1S/C16H31NO2/c1-5-16(3,4)13-7-9-14(10-8-13)17-12-11-15(18)19-6-2/h13-14,17H,5-12H2,1-4H3. The highest BCUT2D eigenvalue weighted by atomic mass is 16.5. The van der Waals surface area contributed by atoms with E-state index in [-0.39, 0.29) is 5.97 Å². The SMILES string of the molecule is CCOC(=O)CCNC1CCC(C(C)(C)CC)CC1. The quantitative estimate of drug-likeness (QED) is 0.719. The summed E-state index contributed by atoms with van der Waals surface area (Å²) >= 11 is 0. The monoisotopic (exact) mass is 269 g/mol. The molecule has 112 valence electrons. The summed E-state index contributed by atoms with van der Waals surface area (Å²) < 4.78 is 4.93. The van der Waals surface area contributed by atoms with Gasteiger partial charge in [-0.3, -0.25) is 4.79 Å². The molecule has 0 atom stereocenters. The highest BCUT2D eigenvalue weighted by Gasteiger charge is 2.31. The predicted molar refractivity (Wildman–Crippen MR) is 79.1 cm³/mol. The number of rotatable bonds is 7. The van der Waals surface area contributed by atoms with Crippen molar-refractivity contribution in [1.82, 2.24) is 5.32 Å². The van der Waals surface area contributed by atoms with Gasteiger partial charge in [0, 0.05) is 12.6 Å². The molecular formula is C16H31NO2. The van der Waals surface area contributed by atoms with E-state index < -0.39 is 0 Å². The summed E-state index contributed by atoms with van der Waals surface area (Å²) in [5, 5.41) is 3.50. The van der Waals surface area contributed by atoms with E-state index in [1.54, 1.807) is 0 Å². The lowest BCUT2D eigenvalue weighted by Gasteiger charge is -2.39. The van der Waals surface area contributed by atoms with E-state index in [9.17, 15) is 4.79 Å². The topological polar surface area (TPSA) is 38.3 Å². The number of carbonyl (C=O) groups excluding carboxylic acids is 1. The van der Waals surface area contributed by atoms with Crippen LogP contribution in [0.5, 0.6) is 0 Å². The predicted octanol–water partition coefficient (Wildman–Crippen LogP) is 3.52. The third-order valence-corrected chi connectivity index (χ3v) is 4.81. The lowest BCUT2D eigenvalue weighted by atomic mass is 9.69. The first-order chi connectivity index (χ1) is 8.99. The van der Waals surface area contributed by atoms with Gasteiger partial charge in [-0.25, -0.2) is 0 Å². The molecule has 0 radical (unpaired) electrons. The van der Waals surface area contributed by atoms with Crippen LogP contribution in [0.15, 0.2) is 0 Å². The van der Waals surface area contributed by atoms with E-state index in [4.69, 9.17) is 4.74 Å². The fraction of sp³-hybridized carbons (Fsp3) is 0.938. The molecular weight excluding hydrogens is 238 g/mol. The molecule has 19 heavy (non-hydrogen) atoms. The van der Waals surface area contributed by atoms with Gasteiger partial charge in [0.05, 0.1) is 13.0 Å².